The molecule has 0 aliphatic rings. The summed E-state index contributed by atoms with van der Waals surface area (Å²) in [5.74, 6) is -0.893. The van der Waals surface area contributed by atoms with Crippen molar-refractivity contribution in [1.29, 1.82) is 0 Å². The number of rotatable bonds is 3. The number of aromatic hydroxyl groups is 1. The van der Waals surface area contributed by atoms with Gasteiger partial charge in [0.15, 0.2) is 0 Å². The Morgan fingerprint density at radius 2 is 2.10 bits per heavy atom. The summed E-state index contributed by atoms with van der Waals surface area (Å²) >= 11 is 5.65. The van der Waals surface area contributed by atoms with Gasteiger partial charge in [0.25, 0.3) is 11.6 Å². The molecule has 0 aliphatic heterocycles. The maximum atomic E-state index is 11.9. The van der Waals surface area contributed by atoms with Crippen LogP contribution in [-0.4, -0.2) is 20.9 Å². The first kappa shape index (κ1) is 13.8. The molecule has 0 saturated heterocycles. The van der Waals surface area contributed by atoms with Gasteiger partial charge < -0.3 is 10.4 Å². The number of pyridine rings is 1. The van der Waals surface area contributed by atoms with E-state index in [0.29, 0.717) is 5.02 Å². The highest BCUT2D eigenvalue weighted by atomic mass is 35.5. The number of nitrogens with one attached hydrogen (secondary N) is 1. The Hall–Kier alpha value is -2.67. The summed E-state index contributed by atoms with van der Waals surface area (Å²) in [5, 5.41) is 22.9. The highest BCUT2D eigenvalue weighted by Gasteiger charge is 2.14. The molecule has 2 aromatic rings. The zero-order valence-corrected chi connectivity index (χ0v) is 10.7. The molecule has 2 rings (SSSR count). The van der Waals surface area contributed by atoms with Crippen LogP contribution >= 0.6 is 11.6 Å². The van der Waals surface area contributed by atoms with Gasteiger partial charge in [0.2, 0.25) is 0 Å². The Kier molecular flexibility index (Phi) is 3.81. The number of phenolic OH excluding ortho intramolecular Hbond substituents is 1. The summed E-state index contributed by atoms with van der Waals surface area (Å²) in [6.07, 6.45) is 1.30. The van der Waals surface area contributed by atoms with Gasteiger partial charge in [-0.25, -0.2) is 4.98 Å². The van der Waals surface area contributed by atoms with Crippen LogP contribution in [0.1, 0.15) is 10.5 Å². The fourth-order valence-corrected chi connectivity index (χ4v) is 1.55. The molecule has 2 N–H and O–H groups in total. The van der Waals surface area contributed by atoms with Crippen LogP contribution in [-0.2, 0) is 0 Å². The number of amides is 1. The van der Waals surface area contributed by atoms with Crippen LogP contribution in [0.5, 0.6) is 5.75 Å². The monoisotopic (exact) mass is 293 g/mol. The highest BCUT2D eigenvalue weighted by Crippen LogP contribution is 2.28. The average molecular weight is 294 g/mol. The smallest absolute Gasteiger partial charge is 0.274 e. The van der Waals surface area contributed by atoms with E-state index in [0.717, 1.165) is 18.2 Å². The maximum absolute atomic E-state index is 11.9. The molecule has 0 aliphatic carbocycles. The van der Waals surface area contributed by atoms with Crippen LogP contribution in [0.2, 0.25) is 5.02 Å². The molecule has 102 valence electrons. The lowest BCUT2D eigenvalue weighted by Gasteiger charge is -2.06. The van der Waals surface area contributed by atoms with E-state index < -0.39 is 10.8 Å². The number of halogens is 1. The van der Waals surface area contributed by atoms with Gasteiger partial charge in [-0.05, 0) is 18.2 Å². The molecule has 0 saturated carbocycles. The van der Waals surface area contributed by atoms with Crippen molar-refractivity contribution in [2.75, 3.05) is 5.32 Å². The fraction of sp³-hybridized carbons (Fsp3) is 0. The van der Waals surface area contributed by atoms with Crippen molar-refractivity contribution in [3.8, 4) is 5.75 Å². The molecule has 8 heteroatoms. The highest BCUT2D eigenvalue weighted by molar-refractivity contribution is 6.30. The Labute approximate surface area is 118 Å². The van der Waals surface area contributed by atoms with Crippen LogP contribution in [0.3, 0.4) is 0 Å². The lowest BCUT2D eigenvalue weighted by molar-refractivity contribution is -0.384. The molecular formula is C12H8ClN3O4. The van der Waals surface area contributed by atoms with Crippen molar-refractivity contribution in [3.63, 3.8) is 0 Å². The second kappa shape index (κ2) is 5.54. The van der Waals surface area contributed by atoms with Crippen molar-refractivity contribution in [2.45, 2.75) is 0 Å². The fourth-order valence-electron chi connectivity index (χ4n) is 1.43. The Bertz CT molecular complexity index is 673. The number of carbonyl (C=O) groups excluding carboxylic acids is 1. The van der Waals surface area contributed by atoms with Crippen molar-refractivity contribution in [2.24, 2.45) is 0 Å². The quantitative estimate of drug-likeness (QED) is 0.514. The predicted octanol–water partition coefficient (Wildman–Crippen LogP) is 2.60. The van der Waals surface area contributed by atoms with E-state index in [1.165, 1.54) is 18.3 Å². The molecule has 7 nitrogen and oxygen atoms in total. The SMILES string of the molecule is O=C(Nc1cc([N+](=O)[O-])ccc1O)c1ccc(Cl)cn1. The number of phenols is 1. The summed E-state index contributed by atoms with van der Waals surface area (Å²) < 4.78 is 0. The van der Waals surface area contributed by atoms with Gasteiger partial charge in [0, 0.05) is 18.3 Å². The van der Waals surface area contributed by atoms with Crippen molar-refractivity contribution in [3.05, 3.63) is 57.4 Å². The summed E-state index contributed by atoms with van der Waals surface area (Å²) in [7, 11) is 0. The zero-order valence-electron chi connectivity index (χ0n) is 9.91. The van der Waals surface area contributed by atoms with E-state index in [9.17, 15) is 20.0 Å². The number of nitro benzene ring substituents is 1. The molecule has 0 radical (unpaired) electrons. The van der Waals surface area contributed by atoms with Crippen LogP contribution in [0, 0.1) is 10.1 Å². The van der Waals surface area contributed by atoms with Crippen LogP contribution < -0.4 is 5.32 Å². The third-order valence-electron chi connectivity index (χ3n) is 2.40. The van der Waals surface area contributed by atoms with E-state index in [4.69, 9.17) is 11.6 Å². The summed E-state index contributed by atoms with van der Waals surface area (Å²) in [4.78, 5) is 25.7. The van der Waals surface area contributed by atoms with E-state index in [1.807, 2.05) is 0 Å². The minimum Gasteiger partial charge on any atom is -0.506 e. The van der Waals surface area contributed by atoms with Crippen LogP contribution in [0.15, 0.2) is 36.5 Å². The summed E-state index contributed by atoms with van der Waals surface area (Å²) in [5.41, 5.74) is -0.247. The van der Waals surface area contributed by atoms with Gasteiger partial charge in [0.1, 0.15) is 11.4 Å². The molecular weight excluding hydrogens is 286 g/mol. The van der Waals surface area contributed by atoms with E-state index in [1.54, 1.807) is 0 Å². The van der Waals surface area contributed by atoms with Crippen molar-refractivity contribution in [1.82, 2.24) is 4.98 Å². The zero-order chi connectivity index (χ0) is 14.7. The van der Waals surface area contributed by atoms with Gasteiger partial charge in [0.05, 0.1) is 15.6 Å². The number of hydrogen-bond acceptors (Lipinski definition) is 5. The third kappa shape index (κ3) is 3.01. The topological polar surface area (TPSA) is 105 Å². The normalized spacial score (nSPS) is 10.1. The molecule has 0 fully saturated rings. The van der Waals surface area contributed by atoms with E-state index in [-0.39, 0.29) is 22.8 Å². The number of nitrogens with zero attached hydrogens (tertiary/aromatic N) is 2. The molecule has 1 aromatic heterocycles. The molecule has 1 heterocycles. The van der Waals surface area contributed by atoms with Crippen LogP contribution in [0.4, 0.5) is 11.4 Å². The number of benzene rings is 1. The van der Waals surface area contributed by atoms with Gasteiger partial charge in [-0.1, -0.05) is 11.6 Å². The standard InChI is InChI=1S/C12H8ClN3O4/c13-7-1-3-9(14-6-7)12(18)15-10-5-8(16(19)20)2-4-11(10)17/h1-6,17H,(H,15,18). The van der Waals surface area contributed by atoms with Gasteiger partial charge >= 0.3 is 0 Å². The first-order valence-electron chi connectivity index (χ1n) is 5.37. The largest absolute Gasteiger partial charge is 0.506 e. The van der Waals surface area contributed by atoms with Gasteiger partial charge in [-0.3, -0.25) is 14.9 Å². The summed E-state index contributed by atoms with van der Waals surface area (Å²) in [6.45, 7) is 0. The minimum absolute atomic E-state index is 0.0686. The molecule has 0 bridgehead atoms. The molecule has 1 amide bonds. The predicted molar refractivity (Wildman–Crippen MR) is 72.0 cm³/mol. The van der Waals surface area contributed by atoms with Crippen molar-refractivity contribution < 1.29 is 14.8 Å². The average Bonchev–Trinajstić information content (AvgIpc) is 2.41. The summed E-state index contributed by atoms with van der Waals surface area (Å²) in [6, 6.07) is 6.19. The number of aromatic nitrogens is 1. The first-order valence-corrected chi connectivity index (χ1v) is 5.75. The van der Waals surface area contributed by atoms with E-state index >= 15 is 0 Å². The van der Waals surface area contributed by atoms with E-state index in [2.05, 4.69) is 10.3 Å². The molecule has 0 atom stereocenters. The lowest BCUT2D eigenvalue weighted by atomic mass is 10.2. The van der Waals surface area contributed by atoms with Gasteiger partial charge in [-0.15, -0.1) is 0 Å². The Morgan fingerprint density at radius 1 is 1.35 bits per heavy atom. The lowest BCUT2D eigenvalue weighted by Crippen LogP contribution is -2.13. The second-order valence-electron chi connectivity index (χ2n) is 3.77. The second-order valence-corrected chi connectivity index (χ2v) is 4.21. The molecule has 1 aromatic carbocycles. The maximum Gasteiger partial charge on any atom is 0.274 e. The molecule has 20 heavy (non-hydrogen) atoms. The Balaban J connectivity index is 2.25. The Morgan fingerprint density at radius 3 is 2.70 bits per heavy atom. The van der Waals surface area contributed by atoms with Crippen molar-refractivity contribution >= 4 is 28.9 Å². The number of nitro groups is 1. The number of non-ortho nitro benzene ring substituents is 1. The number of hydrogen-bond donors (Lipinski definition) is 2. The van der Waals surface area contributed by atoms with Crippen LogP contribution in [0.25, 0.3) is 0 Å². The number of carbonyl (C=O) groups is 1. The number of anilines is 1. The third-order valence-corrected chi connectivity index (χ3v) is 2.62. The minimum atomic E-state index is -0.629. The first-order chi connectivity index (χ1) is 9.47. The molecule has 0 unspecified atom stereocenters. The molecule has 0 spiro atoms. The van der Waals surface area contributed by atoms with Gasteiger partial charge in [-0.2, -0.15) is 0 Å².